The van der Waals surface area contributed by atoms with Crippen molar-refractivity contribution in [3.63, 3.8) is 0 Å². The summed E-state index contributed by atoms with van der Waals surface area (Å²) < 4.78 is 34.7. The Morgan fingerprint density at radius 2 is 0.951 bits per heavy atom. The number of phosphoric acid groups is 1. The van der Waals surface area contributed by atoms with Crippen LogP contribution in [0.25, 0.3) is 0 Å². The predicted molar refractivity (Wildman–Crippen MR) is 258 cm³/mol. The first-order valence-corrected chi connectivity index (χ1v) is 25.8. The van der Waals surface area contributed by atoms with E-state index in [1.165, 1.54) is 70.6 Å². The lowest BCUT2D eigenvalue weighted by Gasteiger charge is -2.28. The number of rotatable bonds is 44. The lowest BCUT2D eigenvalue weighted by molar-refractivity contribution is -0.870. The van der Waals surface area contributed by atoms with Crippen LogP contribution in [0.1, 0.15) is 181 Å². The van der Waals surface area contributed by atoms with Crippen molar-refractivity contribution in [1.29, 1.82) is 0 Å². The molecule has 2 unspecified atom stereocenters. The summed E-state index contributed by atoms with van der Waals surface area (Å²) in [6.45, 7) is 5.22. The van der Waals surface area contributed by atoms with Crippen LogP contribution in [0.3, 0.4) is 0 Å². The van der Waals surface area contributed by atoms with E-state index in [1.54, 1.807) is 0 Å². The van der Waals surface area contributed by atoms with Crippen LogP contribution in [-0.4, -0.2) is 70.7 Å². The van der Waals surface area contributed by atoms with E-state index in [0.29, 0.717) is 17.6 Å². The van der Waals surface area contributed by atoms with Crippen molar-refractivity contribution in [2.45, 2.75) is 187 Å². The molecule has 61 heavy (non-hydrogen) atoms. The molecule has 0 aliphatic rings. The maximum Gasteiger partial charge on any atom is 0.306 e. The summed E-state index contributed by atoms with van der Waals surface area (Å²) in [5, 5.41) is 0. The highest BCUT2D eigenvalue weighted by Gasteiger charge is 2.20. The molecular weight excluding hydrogens is 782 g/mol. The fourth-order valence-corrected chi connectivity index (χ4v) is 6.92. The van der Waals surface area contributed by atoms with Gasteiger partial charge in [0.2, 0.25) is 0 Å². The Labute approximate surface area is 375 Å². The molecule has 0 N–H and O–H groups in total. The van der Waals surface area contributed by atoms with E-state index < -0.39 is 13.9 Å². The molecule has 0 bridgehead atoms. The molecule has 0 heterocycles. The van der Waals surface area contributed by atoms with Crippen molar-refractivity contribution >= 4 is 13.8 Å². The summed E-state index contributed by atoms with van der Waals surface area (Å²) in [5.41, 5.74) is 0. The van der Waals surface area contributed by atoms with Gasteiger partial charge in [-0.05, 0) is 89.9 Å². The first kappa shape index (κ1) is 58.7. The number of phosphoric ester groups is 1. The molecule has 0 aromatic rings. The molecule has 2 atom stereocenters. The molecular formula is C52H92NO7P. The third kappa shape index (κ3) is 48.6. The number of unbranched alkanes of at least 4 members (excludes halogenated alkanes) is 16. The van der Waals surface area contributed by atoms with Gasteiger partial charge in [-0.1, -0.05) is 170 Å². The summed E-state index contributed by atoms with van der Waals surface area (Å²) in [4.78, 5) is 25.1. The molecule has 0 rings (SSSR count). The first-order valence-electron chi connectivity index (χ1n) is 24.3. The van der Waals surface area contributed by atoms with Gasteiger partial charge in [-0.2, -0.15) is 0 Å². The molecule has 0 radical (unpaired) electrons. The van der Waals surface area contributed by atoms with E-state index >= 15 is 0 Å². The molecule has 0 aromatic heterocycles. The second-order valence-corrected chi connectivity index (χ2v) is 18.5. The van der Waals surface area contributed by atoms with Crippen molar-refractivity contribution in [2.75, 3.05) is 54.1 Å². The molecule has 0 fully saturated rings. The molecule has 352 valence electrons. The fraction of sp³-hybridized carbons (Fsp3) is 0.712. The van der Waals surface area contributed by atoms with Crippen LogP contribution in [0.5, 0.6) is 0 Å². The minimum absolute atomic E-state index is 0.0161. The second-order valence-electron chi connectivity index (χ2n) is 17.1. The Kier molecular flexibility index (Phi) is 42.6. The van der Waals surface area contributed by atoms with Crippen LogP contribution >= 0.6 is 7.82 Å². The summed E-state index contributed by atoms with van der Waals surface area (Å²) in [7, 11) is 1.33. The molecule has 8 nitrogen and oxygen atoms in total. The SMILES string of the molecule is CC/C=C\C/C=C\C/C=C\C/C=C\C/C=C\CCCCCCCC(=O)OC(COCCCCCCCCCC/C=C\C/C=C\CCCCC)COP(=O)([O-])OCC[N+](C)(C)C. The number of carbonyl (C=O) groups excluding carboxylic acids is 1. The highest BCUT2D eigenvalue weighted by molar-refractivity contribution is 7.45. The summed E-state index contributed by atoms with van der Waals surface area (Å²) in [6, 6.07) is 0. The predicted octanol–water partition coefficient (Wildman–Crippen LogP) is 14.2. The van der Waals surface area contributed by atoms with Crippen molar-refractivity contribution in [3.05, 3.63) is 85.1 Å². The van der Waals surface area contributed by atoms with E-state index in [9.17, 15) is 14.3 Å². The topological polar surface area (TPSA) is 94.1 Å². The number of esters is 1. The van der Waals surface area contributed by atoms with Gasteiger partial charge >= 0.3 is 5.97 Å². The Morgan fingerprint density at radius 1 is 0.525 bits per heavy atom. The van der Waals surface area contributed by atoms with Crippen molar-refractivity contribution < 1.29 is 37.3 Å². The fourth-order valence-electron chi connectivity index (χ4n) is 6.19. The summed E-state index contributed by atoms with van der Waals surface area (Å²) in [6.07, 6.45) is 58.8. The van der Waals surface area contributed by atoms with Gasteiger partial charge in [0.25, 0.3) is 7.82 Å². The van der Waals surface area contributed by atoms with E-state index in [2.05, 4.69) is 98.9 Å². The van der Waals surface area contributed by atoms with Crippen LogP contribution in [0.4, 0.5) is 0 Å². The van der Waals surface area contributed by atoms with E-state index in [1.807, 2.05) is 21.1 Å². The van der Waals surface area contributed by atoms with E-state index in [4.69, 9.17) is 18.5 Å². The summed E-state index contributed by atoms with van der Waals surface area (Å²) in [5.74, 6) is -0.357. The molecule has 0 aliphatic heterocycles. The van der Waals surface area contributed by atoms with Gasteiger partial charge < -0.3 is 27.9 Å². The zero-order valence-corrected chi connectivity index (χ0v) is 40.7. The monoisotopic (exact) mass is 874 g/mol. The van der Waals surface area contributed by atoms with Crippen LogP contribution in [0, 0.1) is 0 Å². The smallest absolute Gasteiger partial charge is 0.306 e. The molecule has 0 saturated heterocycles. The minimum atomic E-state index is -4.54. The van der Waals surface area contributed by atoms with Crippen LogP contribution in [0.2, 0.25) is 0 Å². The number of nitrogens with zero attached hydrogens (tertiary/aromatic N) is 1. The number of ether oxygens (including phenoxy) is 2. The number of hydrogen-bond donors (Lipinski definition) is 0. The normalized spacial score (nSPS) is 14.4. The van der Waals surface area contributed by atoms with E-state index in [-0.39, 0.29) is 32.2 Å². The van der Waals surface area contributed by atoms with Gasteiger partial charge in [0.15, 0.2) is 0 Å². The average Bonchev–Trinajstić information content (AvgIpc) is 3.22. The van der Waals surface area contributed by atoms with Crippen LogP contribution in [-0.2, 0) is 27.9 Å². The number of likely N-dealkylation sites (N-methyl/N-ethyl adjacent to an activating group) is 1. The lowest BCUT2D eigenvalue weighted by Crippen LogP contribution is -2.37. The lowest BCUT2D eigenvalue weighted by atomic mass is 10.1. The van der Waals surface area contributed by atoms with Crippen LogP contribution < -0.4 is 4.89 Å². The maximum absolute atomic E-state index is 12.7. The Bertz CT molecular complexity index is 1250. The zero-order valence-electron chi connectivity index (χ0n) is 39.8. The van der Waals surface area contributed by atoms with Gasteiger partial charge in [-0.3, -0.25) is 9.36 Å². The number of quaternary nitrogens is 1. The Morgan fingerprint density at radius 3 is 1.43 bits per heavy atom. The number of carbonyl (C=O) groups is 1. The molecule has 9 heteroatoms. The maximum atomic E-state index is 12.7. The van der Waals surface area contributed by atoms with Crippen molar-refractivity contribution in [2.24, 2.45) is 0 Å². The molecule has 0 spiro atoms. The largest absolute Gasteiger partial charge is 0.756 e. The summed E-state index contributed by atoms with van der Waals surface area (Å²) >= 11 is 0. The highest BCUT2D eigenvalue weighted by atomic mass is 31.2. The third-order valence-electron chi connectivity index (χ3n) is 9.93. The third-order valence-corrected chi connectivity index (χ3v) is 10.9. The van der Waals surface area contributed by atoms with Crippen LogP contribution in [0.15, 0.2) is 85.1 Å². The van der Waals surface area contributed by atoms with Gasteiger partial charge in [-0.15, -0.1) is 0 Å². The highest BCUT2D eigenvalue weighted by Crippen LogP contribution is 2.38. The van der Waals surface area contributed by atoms with E-state index in [0.717, 1.165) is 89.9 Å². The first-order chi connectivity index (χ1) is 29.6. The van der Waals surface area contributed by atoms with Gasteiger partial charge in [-0.25, -0.2) is 0 Å². The molecule has 0 aliphatic carbocycles. The quantitative estimate of drug-likeness (QED) is 0.0198. The molecule has 0 aromatic carbocycles. The Hall–Kier alpha value is -2.32. The average molecular weight is 874 g/mol. The minimum Gasteiger partial charge on any atom is -0.756 e. The second kappa shape index (κ2) is 44.3. The van der Waals surface area contributed by atoms with Crippen molar-refractivity contribution in [3.8, 4) is 0 Å². The van der Waals surface area contributed by atoms with Crippen molar-refractivity contribution in [1.82, 2.24) is 0 Å². The zero-order chi connectivity index (χ0) is 44.8. The molecule has 0 saturated carbocycles. The Balaban J connectivity index is 4.26. The van der Waals surface area contributed by atoms with Gasteiger partial charge in [0.05, 0.1) is 34.4 Å². The standard InChI is InChI=1S/C52H92NO7P/c1-6-8-10-12-14-16-18-20-22-24-26-27-28-29-31-33-35-37-39-41-43-45-52(54)60-51(50-59-61(55,56)58-48-46-53(3,4)5)49-57-47-44-42-40-38-36-34-32-30-25-23-21-19-17-15-13-11-9-7-2/h8,10,14-17,20-23,26-27,29,31,51H,6-7,9,11-13,18-19,24-25,28,30,32-50H2,1-5H3/b10-8-,16-14-,17-15-,22-20-,23-21-,27-26-,31-29-. The molecule has 0 amide bonds. The van der Waals surface area contributed by atoms with Gasteiger partial charge in [0.1, 0.15) is 19.3 Å². The van der Waals surface area contributed by atoms with Gasteiger partial charge in [0, 0.05) is 13.0 Å². The number of allylic oxidation sites excluding steroid dienone is 14. The number of hydrogen-bond acceptors (Lipinski definition) is 7.